The number of ether oxygens (including phenoxy) is 2. The van der Waals surface area contributed by atoms with E-state index in [0.29, 0.717) is 17.2 Å². The number of nitrogens with zero attached hydrogens (tertiary/aromatic N) is 1. The van der Waals surface area contributed by atoms with Crippen molar-refractivity contribution in [2.24, 2.45) is 0 Å². The molecular formula is C18H16ClN2NaO6S2. The molecule has 0 atom stereocenters. The van der Waals surface area contributed by atoms with Crippen molar-refractivity contribution in [3.8, 4) is 11.5 Å². The van der Waals surface area contributed by atoms with Gasteiger partial charge in [-0.1, -0.05) is 16.8 Å². The van der Waals surface area contributed by atoms with Crippen LogP contribution >= 0.6 is 22.9 Å². The minimum atomic E-state index is -4.09. The van der Waals surface area contributed by atoms with Gasteiger partial charge in [0, 0.05) is 6.42 Å². The summed E-state index contributed by atoms with van der Waals surface area (Å²) >= 11 is 7.03. The first-order chi connectivity index (χ1) is 13.8. The number of rotatable bonds is 6. The molecule has 0 saturated heterocycles. The molecule has 0 saturated carbocycles. The zero-order valence-electron chi connectivity index (χ0n) is 15.3. The fraction of sp³-hybridized carbons (Fsp3) is 0.222. The number of anilines is 1. The van der Waals surface area contributed by atoms with E-state index in [1.54, 1.807) is 24.4 Å². The molecule has 1 N–H and O–H groups in total. The molecule has 30 heavy (non-hydrogen) atoms. The van der Waals surface area contributed by atoms with Crippen molar-refractivity contribution < 1.29 is 27.2 Å². The Labute approximate surface area is 203 Å². The Morgan fingerprint density at radius 3 is 2.63 bits per heavy atom. The molecule has 0 radical (unpaired) electrons. The number of Topliss-reactive ketones (excluding diaryl/α,β-unsaturated/α-hetero) is 1. The van der Waals surface area contributed by atoms with Gasteiger partial charge in [-0.25, -0.2) is 13.1 Å². The topological polar surface area (TPSA) is 108 Å². The van der Waals surface area contributed by atoms with E-state index in [1.807, 2.05) is 6.92 Å². The maximum absolute atomic E-state index is 12.9. The molecule has 0 fully saturated rings. The number of thiophene rings is 1. The summed E-state index contributed by atoms with van der Waals surface area (Å²) in [6.45, 7) is 3.57. The fourth-order valence-electron chi connectivity index (χ4n) is 2.84. The Morgan fingerprint density at radius 1 is 1.27 bits per heavy atom. The van der Waals surface area contributed by atoms with Crippen LogP contribution in [0.15, 0.2) is 33.0 Å². The number of carbonyl (C=O) groups is 1. The number of carbonyl (C=O) groups excluding carboxylic acids is 1. The van der Waals surface area contributed by atoms with Gasteiger partial charge >= 0.3 is 29.6 Å². The fourth-order valence-corrected chi connectivity index (χ4v) is 5.40. The summed E-state index contributed by atoms with van der Waals surface area (Å²) in [7, 11) is -4.09. The van der Waals surface area contributed by atoms with Crippen LogP contribution in [-0.4, -0.2) is 55.7 Å². The number of ketones is 1. The number of aryl methyl sites for hydroxylation is 2. The van der Waals surface area contributed by atoms with E-state index >= 15 is 0 Å². The molecule has 12 heteroatoms. The van der Waals surface area contributed by atoms with Crippen molar-refractivity contribution >= 4 is 74.2 Å². The quantitative estimate of drug-likeness (QED) is 0.427. The Balaban J connectivity index is 0.00000256. The van der Waals surface area contributed by atoms with Gasteiger partial charge in [0.05, 0.1) is 4.88 Å². The third-order valence-corrected chi connectivity index (χ3v) is 7.28. The van der Waals surface area contributed by atoms with E-state index < -0.39 is 10.0 Å². The van der Waals surface area contributed by atoms with Crippen LogP contribution in [0.1, 0.15) is 26.5 Å². The van der Waals surface area contributed by atoms with Crippen molar-refractivity contribution in [3.63, 3.8) is 0 Å². The standard InChI is InChI=1S/C18H15ClN2O6S2.Na.H/c1-9-5-13-14(26-8-25-13)7-11(9)6-12(22)17-15(3-4-28-17)29(23,24)21-18-16(19)10(2)20-27-18;;/h3-5,7,21H,6,8H2,1-2H3;;. The zero-order chi connectivity index (χ0) is 20.8. The van der Waals surface area contributed by atoms with Gasteiger partial charge in [0.15, 0.2) is 17.3 Å². The number of sulfonamides is 1. The predicted molar refractivity (Wildman–Crippen MR) is 114 cm³/mol. The third kappa shape index (κ3) is 4.39. The molecule has 154 valence electrons. The van der Waals surface area contributed by atoms with Gasteiger partial charge in [-0.3, -0.25) is 4.79 Å². The van der Waals surface area contributed by atoms with E-state index in [2.05, 4.69) is 9.88 Å². The van der Waals surface area contributed by atoms with Crippen LogP contribution < -0.4 is 14.2 Å². The number of hydrogen-bond acceptors (Lipinski definition) is 8. The first-order valence-corrected chi connectivity index (χ1v) is 11.1. The Bertz CT molecular complexity index is 1220. The van der Waals surface area contributed by atoms with E-state index in [9.17, 15) is 13.2 Å². The minimum absolute atomic E-state index is 0. The molecule has 1 aliphatic rings. The molecule has 2 aromatic heterocycles. The van der Waals surface area contributed by atoms with E-state index in [-0.39, 0.29) is 69.2 Å². The molecule has 0 aliphatic carbocycles. The van der Waals surface area contributed by atoms with Crippen LogP contribution in [0.25, 0.3) is 0 Å². The summed E-state index contributed by atoms with van der Waals surface area (Å²) in [6, 6.07) is 4.91. The summed E-state index contributed by atoms with van der Waals surface area (Å²) in [6.07, 6.45) is 0.0215. The van der Waals surface area contributed by atoms with Crippen molar-refractivity contribution in [2.45, 2.75) is 25.2 Å². The van der Waals surface area contributed by atoms with Crippen LogP contribution in [0, 0.1) is 13.8 Å². The Kier molecular flexibility index (Phi) is 6.85. The number of hydrogen-bond donors (Lipinski definition) is 1. The summed E-state index contributed by atoms with van der Waals surface area (Å²) in [4.78, 5) is 12.9. The van der Waals surface area contributed by atoms with Crippen LogP contribution in [0.4, 0.5) is 5.88 Å². The molecule has 0 bridgehead atoms. The summed E-state index contributed by atoms with van der Waals surface area (Å²) in [5.41, 5.74) is 1.94. The van der Waals surface area contributed by atoms with Gasteiger partial charge in [-0.2, -0.15) is 0 Å². The average Bonchev–Trinajstić information content (AvgIpc) is 3.39. The normalized spacial score (nSPS) is 12.5. The number of benzene rings is 1. The second kappa shape index (κ2) is 8.89. The van der Waals surface area contributed by atoms with Gasteiger partial charge < -0.3 is 14.0 Å². The Morgan fingerprint density at radius 2 is 1.97 bits per heavy atom. The molecule has 3 aromatic rings. The van der Waals surface area contributed by atoms with E-state index in [4.69, 9.17) is 25.6 Å². The zero-order valence-corrected chi connectivity index (χ0v) is 17.7. The Hall–Kier alpha value is -1.56. The predicted octanol–water partition coefficient (Wildman–Crippen LogP) is 3.31. The van der Waals surface area contributed by atoms with Gasteiger partial charge in [0.1, 0.15) is 15.6 Å². The second-order valence-corrected chi connectivity index (χ2v) is 9.31. The monoisotopic (exact) mass is 478 g/mol. The molecule has 3 heterocycles. The van der Waals surface area contributed by atoms with Crippen molar-refractivity contribution in [3.05, 3.63) is 50.3 Å². The SMILES string of the molecule is Cc1cc2c(cc1CC(=O)c1sccc1S(=O)(=O)Nc1onc(C)c1Cl)OCO2.[NaH]. The number of fused-ring (bicyclic) bond motifs is 1. The van der Waals surface area contributed by atoms with E-state index in [0.717, 1.165) is 22.5 Å². The number of halogens is 1. The first kappa shape index (κ1) is 23.1. The second-order valence-electron chi connectivity index (χ2n) is 6.36. The molecule has 1 aromatic carbocycles. The number of aromatic nitrogens is 1. The van der Waals surface area contributed by atoms with Crippen LogP contribution in [0.5, 0.6) is 11.5 Å². The molecular weight excluding hydrogens is 463 g/mol. The maximum atomic E-state index is 12.9. The molecule has 0 unspecified atom stereocenters. The van der Waals surface area contributed by atoms with Crippen molar-refractivity contribution in [2.75, 3.05) is 11.5 Å². The van der Waals surface area contributed by atoms with Crippen LogP contribution in [-0.2, 0) is 16.4 Å². The summed E-state index contributed by atoms with van der Waals surface area (Å²) in [5.74, 6) is 0.665. The molecule has 8 nitrogen and oxygen atoms in total. The van der Waals surface area contributed by atoms with Crippen LogP contribution in [0.2, 0.25) is 5.02 Å². The van der Waals surface area contributed by atoms with Crippen molar-refractivity contribution in [1.29, 1.82) is 0 Å². The van der Waals surface area contributed by atoms with Gasteiger partial charge in [-0.15, -0.1) is 11.3 Å². The first-order valence-electron chi connectivity index (χ1n) is 8.40. The number of nitrogens with one attached hydrogen (secondary N) is 1. The van der Waals surface area contributed by atoms with Gasteiger partial charge in [0.2, 0.25) is 6.79 Å². The average molecular weight is 479 g/mol. The van der Waals surface area contributed by atoms with Gasteiger partial charge in [0.25, 0.3) is 15.9 Å². The summed E-state index contributed by atoms with van der Waals surface area (Å²) in [5, 5.41) is 5.22. The third-order valence-electron chi connectivity index (χ3n) is 4.37. The van der Waals surface area contributed by atoms with Gasteiger partial charge in [-0.05, 0) is 48.6 Å². The molecule has 4 rings (SSSR count). The molecule has 0 amide bonds. The van der Waals surface area contributed by atoms with Crippen LogP contribution in [0.3, 0.4) is 0 Å². The molecule has 0 spiro atoms. The van der Waals surface area contributed by atoms with Crippen molar-refractivity contribution in [1.82, 2.24) is 5.16 Å². The summed E-state index contributed by atoms with van der Waals surface area (Å²) < 4.78 is 43.4. The van der Waals surface area contributed by atoms with E-state index in [1.165, 1.54) is 6.07 Å². The molecule has 1 aliphatic heterocycles.